The van der Waals surface area contributed by atoms with Crippen molar-refractivity contribution in [2.24, 2.45) is 5.92 Å². The fraction of sp³-hybridized carbons (Fsp3) is 0.875. The molecule has 1 aliphatic heterocycles. The maximum Gasteiger partial charge on any atom is 0.225 e. The number of likely N-dealkylation sites (tertiary alicyclic amines) is 1. The highest BCUT2D eigenvalue weighted by Crippen LogP contribution is 2.18. The molecule has 0 unspecified atom stereocenters. The van der Waals surface area contributed by atoms with E-state index in [1.54, 1.807) is 0 Å². The van der Waals surface area contributed by atoms with E-state index in [0.717, 1.165) is 19.4 Å². The van der Waals surface area contributed by atoms with E-state index in [0.29, 0.717) is 11.8 Å². The molecule has 0 aromatic heterocycles. The van der Waals surface area contributed by atoms with E-state index in [9.17, 15) is 4.79 Å². The molecule has 0 saturated carbocycles. The molecule has 10 heavy (non-hydrogen) atoms. The molecule has 0 radical (unpaired) electrons. The first-order chi connectivity index (χ1) is 4.75. The standard InChI is InChI=1S/C8H15NO/c1-3-7-5-4-6-9(2)8(7)10/h7H,3-6H2,1-2H3/t7-/m0/s1. The molecule has 1 atom stereocenters. The zero-order valence-electron chi connectivity index (χ0n) is 6.76. The Hall–Kier alpha value is -0.530. The second-order valence-corrected chi connectivity index (χ2v) is 3.01. The molecule has 2 nitrogen and oxygen atoms in total. The summed E-state index contributed by atoms with van der Waals surface area (Å²) in [6, 6.07) is 0. The van der Waals surface area contributed by atoms with Gasteiger partial charge in [0.15, 0.2) is 0 Å². The van der Waals surface area contributed by atoms with Gasteiger partial charge < -0.3 is 4.90 Å². The Kier molecular flexibility index (Phi) is 2.30. The number of hydrogen-bond donors (Lipinski definition) is 0. The lowest BCUT2D eigenvalue weighted by Gasteiger charge is -2.28. The van der Waals surface area contributed by atoms with Crippen LogP contribution >= 0.6 is 0 Å². The topological polar surface area (TPSA) is 20.3 Å². The molecule has 0 aromatic rings. The van der Waals surface area contributed by atoms with Crippen molar-refractivity contribution in [3.8, 4) is 0 Å². The van der Waals surface area contributed by atoms with Gasteiger partial charge in [-0.15, -0.1) is 0 Å². The molecule has 0 aliphatic carbocycles. The Balaban J connectivity index is 2.51. The first-order valence-corrected chi connectivity index (χ1v) is 4.00. The number of amides is 1. The van der Waals surface area contributed by atoms with Crippen LogP contribution in [0.1, 0.15) is 26.2 Å². The van der Waals surface area contributed by atoms with Crippen LogP contribution in [0.4, 0.5) is 0 Å². The van der Waals surface area contributed by atoms with Gasteiger partial charge >= 0.3 is 0 Å². The molecular weight excluding hydrogens is 126 g/mol. The highest BCUT2D eigenvalue weighted by Gasteiger charge is 2.23. The minimum atomic E-state index is 0.318. The molecule has 1 rings (SSSR count). The Bertz CT molecular complexity index is 133. The lowest BCUT2D eigenvalue weighted by atomic mass is 9.95. The molecule has 0 spiro atoms. The van der Waals surface area contributed by atoms with Gasteiger partial charge in [-0.2, -0.15) is 0 Å². The van der Waals surface area contributed by atoms with Crippen molar-refractivity contribution < 1.29 is 4.79 Å². The fourth-order valence-electron chi connectivity index (χ4n) is 1.50. The minimum absolute atomic E-state index is 0.318. The minimum Gasteiger partial charge on any atom is -0.346 e. The predicted molar refractivity (Wildman–Crippen MR) is 40.7 cm³/mol. The highest BCUT2D eigenvalue weighted by molar-refractivity contribution is 5.79. The number of nitrogens with zero attached hydrogens (tertiary/aromatic N) is 1. The lowest BCUT2D eigenvalue weighted by Crippen LogP contribution is -2.37. The van der Waals surface area contributed by atoms with Crippen LogP contribution in [0.15, 0.2) is 0 Å². The van der Waals surface area contributed by atoms with Crippen molar-refractivity contribution in [3.63, 3.8) is 0 Å². The lowest BCUT2D eigenvalue weighted by molar-refractivity contribution is -0.136. The highest BCUT2D eigenvalue weighted by atomic mass is 16.2. The molecule has 0 N–H and O–H groups in total. The normalized spacial score (nSPS) is 27.2. The SMILES string of the molecule is CC[C@H]1CCCN(C)C1=O. The van der Waals surface area contributed by atoms with Crippen LogP contribution in [-0.4, -0.2) is 24.4 Å². The largest absolute Gasteiger partial charge is 0.346 e. The van der Waals surface area contributed by atoms with Gasteiger partial charge in [0.05, 0.1) is 0 Å². The fourth-order valence-corrected chi connectivity index (χ4v) is 1.50. The molecule has 2 heteroatoms. The van der Waals surface area contributed by atoms with Gasteiger partial charge in [0.25, 0.3) is 0 Å². The van der Waals surface area contributed by atoms with Crippen LogP contribution in [0.5, 0.6) is 0 Å². The molecule has 1 amide bonds. The average molecular weight is 141 g/mol. The van der Waals surface area contributed by atoms with Gasteiger partial charge in [-0.05, 0) is 19.3 Å². The Labute approximate surface area is 62.2 Å². The van der Waals surface area contributed by atoms with Crippen LogP contribution in [0, 0.1) is 5.92 Å². The summed E-state index contributed by atoms with van der Waals surface area (Å²) in [6.45, 7) is 3.04. The third kappa shape index (κ3) is 1.31. The predicted octanol–water partition coefficient (Wildman–Crippen LogP) is 1.26. The molecule has 58 valence electrons. The van der Waals surface area contributed by atoms with Gasteiger partial charge in [0, 0.05) is 19.5 Å². The van der Waals surface area contributed by atoms with Crippen LogP contribution < -0.4 is 0 Å². The second-order valence-electron chi connectivity index (χ2n) is 3.01. The third-order valence-corrected chi connectivity index (χ3v) is 2.26. The summed E-state index contributed by atoms with van der Waals surface area (Å²) in [5.41, 5.74) is 0. The molecule has 0 aromatic carbocycles. The number of rotatable bonds is 1. The van der Waals surface area contributed by atoms with Gasteiger partial charge in [0.1, 0.15) is 0 Å². The zero-order valence-corrected chi connectivity index (χ0v) is 6.76. The summed E-state index contributed by atoms with van der Waals surface area (Å²) in [5.74, 6) is 0.660. The quantitative estimate of drug-likeness (QED) is 0.538. The Morgan fingerprint density at radius 1 is 1.70 bits per heavy atom. The summed E-state index contributed by atoms with van der Waals surface area (Å²) < 4.78 is 0. The van der Waals surface area contributed by atoms with Crippen LogP contribution in [0.3, 0.4) is 0 Å². The van der Waals surface area contributed by atoms with Gasteiger partial charge in [-0.25, -0.2) is 0 Å². The average Bonchev–Trinajstić information content (AvgIpc) is 1.95. The van der Waals surface area contributed by atoms with Crippen molar-refractivity contribution in [1.29, 1.82) is 0 Å². The van der Waals surface area contributed by atoms with Gasteiger partial charge in [-0.3, -0.25) is 4.79 Å². The molecular formula is C8H15NO. The monoisotopic (exact) mass is 141 g/mol. The number of carbonyl (C=O) groups excluding carboxylic acids is 1. The molecule has 1 saturated heterocycles. The van der Waals surface area contributed by atoms with Crippen molar-refractivity contribution in [3.05, 3.63) is 0 Å². The summed E-state index contributed by atoms with van der Waals surface area (Å²) in [5, 5.41) is 0. The summed E-state index contributed by atoms with van der Waals surface area (Å²) in [6.07, 6.45) is 3.28. The van der Waals surface area contributed by atoms with E-state index < -0.39 is 0 Å². The van der Waals surface area contributed by atoms with E-state index in [4.69, 9.17) is 0 Å². The van der Waals surface area contributed by atoms with E-state index >= 15 is 0 Å². The van der Waals surface area contributed by atoms with Crippen molar-refractivity contribution in [2.75, 3.05) is 13.6 Å². The smallest absolute Gasteiger partial charge is 0.225 e. The van der Waals surface area contributed by atoms with E-state index in [1.807, 2.05) is 11.9 Å². The number of hydrogen-bond acceptors (Lipinski definition) is 1. The Morgan fingerprint density at radius 2 is 2.40 bits per heavy atom. The molecule has 1 aliphatic rings. The van der Waals surface area contributed by atoms with Crippen LogP contribution in [0.2, 0.25) is 0 Å². The van der Waals surface area contributed by atoms with Crippen LogP contribution in [-0.2, 0) is 4.79 Å². The maximum atomic E-state index is 11.3. The van der Waals surface area contributed by atoms with Crippen molar-refractivity contribution in [2.45, 2.75) is 26.2 Å². The van der Waals surface area contributed by atoms with Crippen LogP contribution in [0.25, 0.3) is 0 Å². The summed E-state index contributed by atoms with van der Waals surface area (Å²) >= 11 is 0. The van der Waals surface area contributed by atoms with Crippen molar-refractivity contribution >= 4 is 5.91 Å². The van der Waals surface area contributed by atoms with E-state index in [2.05, 4.69) is 6.92 Å². The first-order valence-electron chi connectivity index (χ1n) is 4.00. The Morgan fingerprint density at radius 3 is 2.90 bits per heavy atom. The van der Waals surface area contributed by atoms with E-state index in [-0.39, 0.29) is 0 Å². The first kappa shape index (κ1) is 7.58. The van der Waals surface area contributed by atoms with Gasteiger partial charge in [-0.1, -0.05) is 6.92 Å². The molecule has 0 bridgehead atoms. The second kappa shape index (κ2) is 3.04. The summed E-state index contributed by atoms with van der Waals surface area (Å²) in [4.78, 5) is 13.1. The molecule has 1 heterocycles. The van der Waals surface area contributed by atoms with Gasteiger partial charge in [0.2, 0.25) is 5.91 Å². The zero-order chi connectivity index (χ0) is 7.56. The number of piperidine rings is 1. The van der Waals surface area contributed by atoms with Crippen molar-refractivity contribution in [1.82, 2.24) is 4.90 Å². The summed E-state index contributed by atoms with van der Waals surface area (Å²) in [7, 11) is 1.89. The third-order valence-electron chi connectivity index (χ3n) is 2.26. The van der Waals surface area contributed by atoms with E-state index in [1.165, 1.54) is 6.42 Å². The maximum absolute atomic E-state index is 11.3. The number of carbonyl (C=O) groups is 1. The molecule has 1 fully saturated rings.